The molecule has 0 amide bonds. The van der Waals surface area contributed by atoms with Gasteiger partial charge in [0.1, 0.15) is 11.6 Å². The van der Waals surface area contributed by atoms with Crippen LogP contribution < -0.4 is 9.80 Å². The van der Waals surface area contributed by atoms with Crippen LogP contribution in [-0.4, -0.2) is 50.7 Å². The van der Waals surface area contributed by atoms with Crippen LogP contribution in [0.2, 0.25) is 0 Å². The Labute approximate surface area is 164 Å². The maximum Gasteiger partial charge on any atom is 0.229 e. The van der Waals surface area contributed by atoms with E-state index in [1.807, 2.05) is 54.0 Å². The number of benzene rings is 1. The molecular formula is C19H18BrN7. The Balaban J connectivity index is 1.48. The summed E-state index contributed by atoms with van der Waals surface area (Å²) >= 11 is 3.44. The Morgan fingerprint density at radius 2 is 1.70 bits per heavy atom. The van der Waals surface area contributed by atoms with Gasteiger partial charge in [0.2, 0.25) is 5.95 Å². The molecule has 7 nitrogen and oxygen atoms in total. The largest absolute Gasteiger partial charge is 0.353 e. The third-order valence-electron chi connectivity index (χ3n) is 4.87. The molecule has 1 saturated heterocycles. The highest BCUT2D eigenvalue weighted by Gasteiger charge is 2.23. The van der Waals surface area contributed by atoms with E-state index in [0.717, 1.165) is 64.8 Å². The van der Waals surface area contributed by atoms with E-state index in [2.05, 4.69) is 40.8 Å². The van der Waals surface area contributed by atoms with Crippen molar-refractivity contribution in [1.82, 2.24) is 24.6 Å². The smallest absolute Gasteiger partial charge is 0.229 e. The Morgan fingerprint density at radius 3 is 2.48 bits per heavy atom. The number of halogens is 1. The molecule has 136 valence electrons. The lowest BCUT2D eigenvalue weighted by molar-refractivity contribution is 0.627. The predicted molar refractivity (Wildman–Crippen MR) is 109 cm³/mol. The summed E-state index contributed by atoms with van der Waals surface area (Å²) in [7, 11) is 0. The molecule has 4 aromatic rings. The van der Waals surface area contributed by atoms with Crippen molar-refractivity contribution in [2.75, 3.05) is 36.0 Å². The molecule has 0 spiro atoms. The first-order valence-corrected chi connectivity index (χ1v) is 9.72. The third-order valence-corrected chi connectivity index (χ3v) is 5.34. The number of nitrogens with zero attached hydrogens (tertiary/aromatic N) is 7. The summed E-state index contributed by atoms with van der Waals surface area (Å²) < 4.78 is 2.87. The minimum absolute atomic E-state index is 0.757. The molecule has 5 rings (SSSR count). The van der Waals surface area contributed by atoms with E-state index in [-0.39, 0.29) is 0 Å². The molecule has 1 aliphatic rings. The molecule has 0 atom stereocenters. The number of anilines is 2. The van der Waals surface area contributed by atoms with Gasteiger partial charge in [-0.3, -0.25) is 0 Å². The first kappa shape index (κ1) is 16.4. The zero-order valence-corrected chi connectivity index (χ0v) is 16.5. The normalized spacial score (nSPS) is 15.0. The fourth-order valence-electron chi connectivity index (χ4n) is 3.54. The van der Waals surface area contributed by atoms with Crippen molar-refractivity contribution in [3.63, 3.8) is 0 Å². The SMILES string of the molecule is Cc1nc2c3ccccc3nc(N3CCN(c4ccc(Br)cn4)CC3)n2n1. The maximum absolute atomic E-state index is 4.90. The number of hydrogen-bond acceptors (Lipinski definition) is 6. The van der Waals surface area contributed by atoms with Gasteiger partial charge in [0.05, 0.1) is 5.52 Å². The quantitative estimate of drug-likeness (QED) is 0.493. The molecule has 3 aromatic heterocycles. The minimum atomic E-state index is 0.757. The number of rotatable bonds is 2. The maximum atomic E-state index is 4.90. The van der Waals surface area contributed by atoms with Crippen LogP contribution in [0.1, 0.15) is 5.82 Å². The Bertz CT molecular complexity index is 1110. The van der Waals surface area contributed by atoms with Crippen LogP contribution in [0.4, 0.5) is 11.8 Å². The van der Waals surface area contributed by atoms with Crippen molar-refractivity contribution < 1.29 is 0 Å². The van der Waals surface area contributed by atoms with E-state index in [0.29, 0.717) is 0 Å². The van der Waals surface area contributed by atoms with Crippen LogP contribution in [0.25, 0.3) is 16.6 Å². The molecule has 0 radical (unpaired) electrons. The molecule has 8 heteroatoms. The fraction of sp³-hybridized carbons (Fsp3) is 0.263. The van der Waals surface area contributed by atoms with Gasteiger partial charge in [0, 0.05) is 42.2 Å². The first-order chi connectivity index (χ1) is 13.2. The molecule has 0 N–H and O–H groups in total. The Morgan fingerprint density at radius 1 is 0.926 bits per heavy atom. The summed E-state index contributed by atoms with van der Waals surface area (Å²) in [6.45, 7) is 5.41. The molecular weight excluding hydrogens is 406 g/mol. The highest BCUT2D eigenvalue weighted by Crippen LogP contribution is 2.24. The standard InChI is InChI=1S/C19H18BrN7/c1-13-22-18-15-4-2-3-5-16(15)23-19(27(18)24-13)26-10-8-25(9-11-26)17-7-6-14(20)12-21-17/h2-7,12H,8-11H2,1H3. The lowest BCUT2D eigenvalue weighted by Crippen LogP contribution is -2.47. The van der Waals surface area contributed by atoms with Crippen LogP contribution in [0.15, 0.2) is 47.1 Å². The summed E-state index contributed by atoms with van der Waals surface area (Å²) in [5.74, 6) is 2.62. The van der Waals surface area contributed by atoms with Gasteiger partial charge in [0.25, 0.3) is 0 Å². The second-order valence-corrected chi connectivity index (χ2v) is 7.55. The Kier molecular flexibility index (Phi) is 3.93. The van der Waals surface area contributed by atoms with Gasteiger partial charge in [-0.05, 0) is 47.1 Å². The van der Waals surface area contributed by atoms with Gasteiger partial charge in [-0.2, -0.15) is 4.52 Å². The van der Waals surface area contributed by atoms with Crippen molar-refractivity contribution in [2.45, 2.75) is 6.92 Å². The van der Waals surface area contributed by atoms with Crippen LogP contribution in [0, 0.1) is 6.92 Å². The summed E-state index contributed by atoms with van der Waals surface area (Å²) in [4.78, 5) is 18.6. The predicted octanol–water partition coefficient (Wildman–Crippen LogP) is 3.07. The molecule has 27 heavy (non-hydrogen) atoms. The molecule has 1 aliphatic heterocycles. The number of hydrogen-bond donors (Lipinski definition) is 0. The van der Waals surface area contributed by atoms with E-state index >= 15 is 0 Å². The lowest BCUT2D eigenvalue weighted by Gasteiger charge is -2.35. The highest BCUT2D eigenvalue weighted by molar-refractivity contribution is 9.10. The molecule has 0 saturated carbocycles. The first-order valence-electron chi connectivity index (χ1n) is 8.92. The summed E-state index contributed by atoms with van der Waals surface area (Å²) in [6.07, 6.45) is 1.84. The molecule has 0 bridgehead atoms. The number of aromatic nitrogens is 5. The average molecular weight is 424 g/mol. The van der Waals surface area contributed by atoms with Crippen LogP contribution in [0.3, 0.4) is 0 Å². The minimum Gasteiger partial charge on any atom is -0.353 e. The van der Waals surface area contributed by atoms with E-state index in [1.165, 1.54) is 0 Å². The van der Waals surface area contributed by atoms with Crippen LogP contribution in [-0.2, 0) is 0 Å². The van der Waals surface area contributed by atoms with Gasteiger partial charge in [-0.25, -0.2) is 15.0 Å². The third kappa shape index (κ3) is 2.90. The van der Waals surface area contributed by atoms with E-state index < -0.39 is 0 Å². The zero-order chi connectivity index (χ0) is 18.4. The number of pyridine rings is 1. The van der Waals surface area contributed by atoms with Gasteiger partial charge < -0.3 is 9.80 Å². The summed E-state index contributed by atoms with van der Waals surface area (Å²) in [6, 6.07) is 12.2. The van der Waals surface area contributed by atoms with Gasteiger partial charge >= 0.3 is 0 Å². The summed E-state index contributed by atoms with van der Waals surface area (Å²) in [5, 5.41) is 5.62. The zero-order valence-electron chi connectivity index (χ0n) is 14.9. The van der Waals surface area contributed by atoms with Crippen molar-refractivity contribution in [2.24, 2.45) is 0 Å². The van der Waals surface area contributed by atoms with E-state index in [1.54, 1.807) is 0 Å². The van der Waals surface area contributed by atoms with Crippen LogP contribution in [0.5, 0.6) is 0 Å². The molecule has 1 fully saturated rings. The monoisotopic (exact) mass is 423 g/mol. The molecule has 1 aromatic carbocycles. The average Bonchev–Trinajstić information content (AvgIpc) is 3.10. The summed E-state index contributed by atoms with van der Waals surface area (Å²) in [5.41, 5.74) is 1.81. The second-order valence-electron chi connectivity index (χ2n) is 6.63. The number of aryl methyl sites for hydroxylation is 1. The van der Waals surface area contributed by atoms with Crippen molar-refractivity contribution in [3.8, 4) is 0 Å². The molecule has 0 aliphatic carbocycles. The number of para-hydroxylation sites is 1. The van der Waals surface area contributed by atoms with Crippen molar-refractivity contribution in [3.05, 3.63) is 52.9 Å². The van der Waals surface area contributed by atoms with Gasteiger partial charge in [-0.15, -0.1) is 5.10 Å². The van der Waals surface area contributed by atoms with Crippen molar-refractivity contribution >= 4 is 44.2 Å². The number of piperazine rings is 1. The topological polar surface area (TPSA) is 62.5 Å². The van der Waals surface area contributed by atoms with E-state index in [9.17, 15) is 0 Å². The second kappa shape index (κ2) is 6.45. The van der Waals surface area contributed by atoms with Gasteiger partial charge in [-0.1, -0.05) is 12.1 Å². The molecule has 0 unspecified atom stereocenters. The van der Waals surface area contributed by atoms with Crippen LogP contribution >= 0.6 is 15.9 Å². The molecule has 4 heterocycles. The van der Waals surface area contributed by atoms with E-state index in [4.69, 9.17) is 4.98 Å². The van der Waals surface area contributed by atoms with Crippen molar-refractivity contribution in [1.29, 1.82) is 0 Å². The number of fused-ring (bicyclic) bond motifs is 3. The lowest BCUT2D eigenvalue weighted by atomic mass is 10.2. The highest BCUT2D eigenvalue weighted by atomic mass is 79.9. The Hall–Kier alpha value is -2.74. The fourth-order valence-corrected chi connectivity index (χ4v) is 3.77. The van der Waals surface area contributed by atoms with Gasteiger partial charge in [0.15, 0.2) is 5.65 Å².